The molecule has 1 saturated carbocycles. The maximum atomic E-state index is 12.3. The number of nitrogens with one attached hydrogen (secondary N) is 2. The Morgan fingerprint density at radius 2 is 2.04 bits per heavy atom. The van der Waals surface area contributed by atoms with Gasteiger partial charge in [-0.2, -0.15) is 0 Å². The van der Waals surface area contributed by atoms with Gasteiger partial charge in [-0.05, 0) is 49.1 Å². The lowest BCUT2D eigenvalue weighted by Crippen LogP contribution is -2.47. The van der Waals surface area contributed by atoms with Gasteiger partial charge in [-0.3, -0.25) is 0 Å². The number of hydrogen-bond acceptors (Lipinski definition) is 3. The van der Waals surface area contributed by atoms with Gasteiger partial charge in [0, 0.05) is 10.9 Å². The second-order valence-corrected chi connectivity index (χ2v) is 7.66. The molecular weight excluding hydrogens is 320 g/mol. The maximum Gasteiger partial charge on any atom is 0.315 e. The molecule has 0 spiro atoms. The monoisotopic (exact) mass is 344 g/mol. The van der Waals surface area contributed by atoms with Crippen molar-refractivity contribution in [1.82, 2.24) is 10.6 Å². The number of thiophene rings is 1. The fourth-order valence-corrected chi connectivity index (χ4v) is 3.63. The average molecular weight is 344 g/mol. The van der Waals surface area contributed by atoms with E-state index in [9.17, 15) is 9.90 Å². The third kappa shape index (κ3) is 4.58. The molecule has 0 radical (unpaired) electrons. The van der Waals surface area contributed by atoms with Crippen molar-refractivity contribution in [3.05, 3.63) is 58.3 Å². The van der Waals surface area contributed by atoms with Crippen molar-refractivity contribution >= 4 is 17.4 Å². The van der Waals surface area contributed by atoms with Crippen LogP contribution in [0.1, 0.15) is 30.2 Å². The largest absolute Gasteiger partial charge is 0.383 e. The van der Waals surface area contributed by atoms with Crippen LogP contribution in [0.2, 0.25) is 0 Å². The summed E-state index contributed by atoms with van der Waals surface area (Å²) in [6, 6.07) is 14.0. The van der Waals surface area contributed by atoms with Crippen molar-refractivity contribution in [2.24, 2.45) is 5.92 Å². The van der Waals surface area contributed by atoms with E-state index >= 15 is 0 Å². The predicted octanol–water partition coefficient (Wildman–Crippen LogP) is 3.28. The van der Waals surface area contributed by atoms with E-state index < -0.39 is 5.60 Å². The van der Waals surface area contributed by atoms with Crippen LogP contribution in [0.25, 0.3) is 0 Å². The minimum Gasteiger partial charge on any atom is -0.383 e. The normalized spacial score (nSPS) is 17.8. The molecule has 2 unspecified atom stereocenters. The number of hydrogen-bond donors (Lipinski definition) is 3. The van der Waals surface area contributed by atoms with Crippen LogP contribution in [-0.4, -0.2) is 23.7 Å². The summed E-state index contributed by atoms with van der Waals surface area (Å²) in [4.78, 5) is 13.1. The minimum absolute atomic E-state index is 0.152. The predicted molar refractivity (Wildman–Crippen MR) is 97.1 cm³/mol. The SMILES string of the molecule is CC(O)(CNC(=O)NC(Cc1ccccc1)C1CC1)c1cccs1. The first-order valence-electron chi connectivity index (χ1n) is 8.39. The summed E-state index contributed by atoms with van der Waals surface area (Å²) in [6.07, 6.45) is 3.19. The standard InChI is InChI=1S/C19H24N2O2S/c1-19(23,17-8-5-11-24-17)13-20-18(22)21-16(15-9-10-15)12-14-6-3-2-4-7-14/h2-8,11,15-16,23H,9-10,12-13H2,1H3,(H2,20,21,22). The minimum atomic E-state index is -1.04. The Morgan fingerprint density at radius 3 is 2.67 bits per heavy atom. The van der Waals surface area contributed by atoms with Crippen LogP contribution in [0.15, 0.2) is 47.8 Å². The number of benzene rings is 1. The number of carbonyl (C=O) groups excluding carboxylic acids is 1. The molecule has 0 saturated heterocycles. The van der Waals surface area contributed by atoms with E-state index in [4.69, 9.17) is 0 Å². The van der Waals surface area contributed by atoms with Gasteiger partial charge in [-0.25, -0.2) is 4.79 Å². The van der Waals surface area contributed by atoms with Gasteiger partial charge in [0.15, 0.2) is 0 Å². The van der Waals surface area contributed by atoms with Crippen molar-refractivity contribution in [3.8, 4) is 0 Å². The molecule has 3 rings (SSSR count). The fraction of sp³-hybridized carbons (Fsp3) is 0.421. The van der Waals surface area contributed by atoms with Gasteiger partial charge in [-0.1, -0.05) is 36.4 Å². The van der Waals surface area contributed by atoms with Gasteiger partial charge in [0.2, 0.25) is 0 Å². The highest BCUT2D eigenvalue weighted by Crippen LogP contribution is 2.34. The fourth-order valence-electron chi connectivity index (χ4n) is 2.85. The van der Waals surface area contributed by atoms with E-state index in [0.29, 0.717) is 5.92 Å². The zero-order chi connectivity index (χ0) is 17.0. The lowest BCUT2D eigenvalue weighted by molar-refractivity contribution is 0.0630. The summed E-state index contributed by atoms with van der Waals surface area (Å²) < 4.78 is 0. The molecule has 1 aromatic carbocycles. The zero-order valence-corrected chi connectivity index (χ0v) is 14.7. The maximum absolute atomic E-state index is 12.3. The van der Waals surface area contributed by atoms with Crippen molar-refractivity contribution in [1.29, 1.82) is 0 Å². The number of aliphatic hydroxyl groups is 1. The molecule has 1 fully saturated rings. The molecule has 2 aromatic rings. The van der Waals surface area contributed by atoms with Crippen LogP contribution < -0.4 is 10.6 Å². The first kappa shape index (κ1) is 17.0. The van der Waals surface area contributed by atoms with Crippen LogP contribution in [0.5, 0.6) is 0 Å². The van der Waals surface area contributed by atoms with E-state index in [-0.39, 0.29) is 18.6 Å². The molecule has 1 aliphatic rings. The van der Waals surface area contributed by atoms with Crippen LogP contribution in [0.4, 0.5) is 4.79 Å². The second kappa shape index (κ2) is 7.36. The molecule has 0 aliphatic heterocycles. The van der Waals surface area contributed by atoms with E-state index in [1.807, 2.05) is 35.7 Å². The summed E-state index contributed by atoms with van der Waals surface area (Å²) in [5.74, 6) is 0.564. The van der Waals surface area contributed by atoms with Crippen LogP contribution in [-0.2, 0) is 12.0 Å². The van der Waals surface area contributed by atoms with Gasteiger partial charge >= 0.3 is 6.03 Å². The van der Waals surface area contributed by atoms with E-state index in [2.05, 4.69) is 22.8 Å². The number of amides is 2. The Hall–Kier alpha value is -1.85. The summed E-state index contributed by atoms with van der Waals surface area (Å²) in [7, 11) is 0. The van der Waals surface area contributed by atoms with E-state index in [0.717, 1.165) is 11.3 Å². The van der Waals surface area contributed by atoms with Gasteiger partial charge in [0.05, 0.1) is 6.54 Å². The molecule has 4 nitrogen and oxygen atoms in total. The molecule has 2 amide bonds. The molecule has 2 atom stereocenters. The Labute approximate surface area is 146 Å². The Morgan fingerprint density at radius 1 is 1.29 bits per heavy atom. The van der Waals surface area contributed by atoms with Gasteiger partial charge in [0.25, 0.3) is 0 Å². The van der Waals surface area contributed by atoms with E-state index in [1.54, 1.807) is 6.92 Å². The third-order valence-electron chi connectivity index (χ3n) is 4.45. The number of rotatable bonds is 7. The number of urea groups is 1. The van der Waals surface area contributed by atoms with Crippen molar-refractivity contribution in [2.75, 3.05) is 6.54 Å². The molecule has 1 aliphatic carbocycles. The smallest absolute Gasteiger partial charge is 0.315 e. The average Bonchev–Trinajstić information content (AvgIpc) is 3.26. The lowest BCUT2D eigenvalue weighted by Gasteiger charge is -2.24. The first-order chi connectivity index (χ1) is 11.5. The lowest BCUT2D eigenvalue weighted by atomic mass is 10.0. The van der Waals surface area contributed by atoms with Gasteiger partial charge < -0.3 is 15.7 Å². The molecule has 0 bridgehead atoms. The van der Waals surface area contributed by atoms with Crippen molar-refractivity contribution in [2.45, 2.75) is 37.8 Å². The Balaban J connectivity index is 1.52. The highest BCUT2D eigenvalue weighted by atomic mass is 32.1. The van der Waals surface area contributed by atoms with E-state index in [1.165, 1.54) is 29.7 Å². The highest BCUT2D eigenvalue weighted by molar-refractivity contribution is 7.10. The topological polar surface area (TPSA) is 61.4 Å². The Kier molecular flexibility index (Phi) is 5.21. The van der Waals surface area contributed by atoms with Crippen molar-refractivity contribution < 1.29 is 9.90 Å². The molecule has 3 N–H and O–H groups in total. The quantitative estimate of drug-likeness (QED) is 0.722. The molecule has 1 aromatic heterocycles. The molecule has 128 valence electrons. The molecule has 24 heavy (non-hydrogen) atoms. The van der Waals surface area contributed by atoms with Crippen molar-refractivity contribution in [3.63, 3.8) is 0 Å². The third-order valence-corrected chi connectivity index (χ3v) is 5.57. The van der Waals surface area contributed by atoms with Crippen LogP contribution in [0.3, 0.4) is 0 Å². The van der Waals surface area contributed by atoms with Crippen LogP contribution in [0, 0.1) is 5.92 Å². The Bertz CT molecular complexity index is 651. The summed E-state index contributed by atoms with van der Waals surface area (Å²) >= 11 is 1.49. The molecular formula is C19H24N2O2S. The zero-order valence-electron chi connectivity index (χ0n) is 13.9. The molecule has 5 heteroatoms. The number of carbonyl (C=O) groups is 1. The highest BCUT2D eigenvalue weighted by Gasteiger charge is 2.33. The van der Waals surface area contributed by atoms with Gasteiger partial charge in [-0.15, -0.1) is 11.3 Å². The first-order valence-corrected chi connectivity index (χ1v) is 9.27. The summed E-state index contributed by atoms with van der Waals surface area (Å²) in [5, 5.41) is 18.3. The van der Waals surface area contributed by atoms with Gasteiger partial charge in [0.1, 0.15) is 5.60 Å². The molecule has 1 heterocycles. The second-order valence-electron chi connectivity index (χ2n) is 6.71. The summed E-state index contributed by atoms with van der Waals surface area (Å²) in [5.41, 5.74) is 0.195. The van der Waals surface area contributed by atoms with Crippen LogP contribution >= 0.6 is 11.3 Å². The summed E-state index contributed by atoms with van der Waals surface area (Å²) in [6.45, 7) is 1.92.